The van der Waals surface area contributed by atoms with E-state index in [1.807, 2.05) is 25.1 Å². The van der Waals surface area contributed by atoms with Crippen LogP contribution in [-0.4, -0.2) is 31.7 Å². The lowest BCUT2D eigenvalue weighted by molar-refractivity contribution is 0.243. The van der Waals surface area contributed by atoms with Gasteiger partial charge in [-0.05, 0) is 37.1 Å². The molecule has 0 aliphatic rings. The third-order valence-corrected chi connectivity index (χ3v) is 3.21. The minimum absolute atomic E-state index is 0.157. The Hall–Kier alpha value is -2.17. The lowest BCUT2D eigenvalue weighted by Crippen LogP contribution is -2.34. The highest BCUT2D eigenvalue weighted by molar-refractivity contribution is 5.86. The van der Waals surface area contributed by atoms with Gasteiger partial charge < -0.3 is 20.4 Å². The monoisotopic (exact) mass is 261 g/mol. The molecule has 0 fully saturated rings. The van der Waals surface area contributed by atoms with Crippen molar-refractivity contribution >= 4 is 16.9 Å². The number of urea groups is 1. The molecule has 0 atom stereocenters. The maximum absolute atomic E-state index is 11.1. The van der Waals surface area contributed by atoms with E-state index in [-0.39, 0.29) is 6.03 Å². The number of hydrogen-bond acceptors (Lipinski definition) is 2. The SMILES string of the molecule is CNC(=O)NCCc1c(C)[nH]c2ccc(OC)cc12. The summed E-state index contributed by atoms with van der Waals surface area (Å²) in [6.45, 7) is 2.65. The van der Waals surface area contributed by atoms with Crippen LogP contribution in [0.3, 0.4) is 0 Å². The molecule has 5 heteroatoms. The van der Waals surface area contributed by atoms with Gasteiger partial charge in [-0.3, -0.25) is 0 Å². The van der Waals surface area contributed by atoms with Crippen LogP contribution >= 0.6 is 0 Å². The predicted octanol–water partition coefficient (Wildman–Crippen LogP) is 1.96. The number of H-pyrrole nitrogens is 1. The molecule has 0 aliphatic heterocycles. The fourth-order valence-corrected chi connectivity index (χ4v) is 2.20. The molecule has 0 saturated heterocycles. The zero-order valence-electron chi connectivity index (χ0n) is 11.5. The molecule has 102 valence electrons. The second-order valence-corrected chi connectivity index (χ2v) is 4.40. The highest BCUT2D eigenvalue weighted by Gasteiger charge is 2.09. The first-order valence-corrected chi connectivity index (χ1v) is 6.26. The van der Waals surface area contributed by atoms with Gasteiger partial charge in [-0.15, -0.1) is 0 Å². The molecule has 0 unspecified atom stereocenters. The standard InChI is InChI=1S/C14H19N3O2/c1-9-11(6-7-16-14(18)15-2)12-8-10(19-3)4-5-13(12)17-9/h4-5,8,17H,6-7H2,1-3H3,(H2,15,16,18). The number of carbonyl (C=O) groups is 1. The van der Waals surface area contributed by atoms with Crippen LogP contribution in [0.4, 0.5) is 4.79 Å². The van der Waals surface area contributed by atoms with Crippen molar-refractivity contribution in [2.45, 2.75) is 13.3 Å². The highest BCUT2D eigenvalue weighted by atomic mass is 16.5. The van der Waals surface area contributed by atoms with E-state index in [4.69, 9.17) is 4.74 Å². The number of methoxy groups -OCH3 is 1. The van der Waals surface area contributed by atoms with Crippen molar-refractivity contribution in [3.63, 3.8) is 0 Å². The summed E-state index contributed by atoms with van der Waals surface area (Å²) < 4.78 is 5.25. The third-order valence-electron chi connectivity index (χ3n) is 3.21. The lowest BCUT2D eigenvalue weighted by Gasteiger charge is -2.05. The molecule has 19 heavy (non-hydrogen) atoms. The second-order valence-electron chi connectivity index (χ2n) is 4.40. The van der Waals surface area contributed by atoms with Crippen molar-refractivity contribution in [3.05, 3.63) is 29.5 Å². The summed E-state index contributed by atoms with van der Waals surface area (Å²) in [4.78, 5) is 14.5. The number of hydrogen-bond donors (Lipinski definition) is 3. The summed E-state index contributed by atoms with van der Waals surface area (Å²) in [5.41, 5.74) is 3.43. The number of aromatic nitrogens is 1. The number of rotatable bonds is 4. The third kappa shape index (κ3) is 2.81. The fourth-order valence-electron chi connectivity index (χ4n) is 2.20. The van der Waals surface area contributed by atoms with Gasteiger partial charge in [0, 0.05) is 30.2 Å². The average molecular weight is 261 g/mol. The van der Waals surface area contributed by atoms with Crippen LogP contribution in [0.15, 0.2) is 18.2 Å². The summed E-state index contributed by atoms with van der Waals surface area (Å²) in [7, 11) is 3.27. The molecule has 0 saturated carbocycles. The van der Waals surface area contributed by atoms with E-state index in [1.54, 1.807) is 14.2 Å². The Morgan fingerprint density at radius 3 is 2.89 bits per heavy atom. The Labute approximate surface area is 112 Å². The number of carbonyl (C=O) groups excluding carboxylic acids is 1. The maximum Gasteiger partial charge on any atom is 0.314 e. The van der Waals surface area contributed by atoms with Gasteiger partial charge in [0.2, 0.25) is 0 Å². The molecule has 1 heterocycles. The molecule has 2 rings (SSSR count). The molecule has 3 N–H and O–H groups in total. The van der Waals surface area contributed by atoms with Crippen molar-refractivity contribution in [3.8, 4) is 5.75 Å². The molecular weight excluding hydrogens is 242 g/mol. The van der Waals surface area contributed by atoms with Gasteiger partial charge >= 0.3 is 6.03 Å². The minimum Gasteiger partial charge on any atom is -0.497 e. The molecule has 0 bridgehead atoms. The molecule has 2 amide bonds. The van der Waals surface area contributed by atoms with Gasteiger partial charge in [-0.25, -0.2) is 4.79 Å². The Kier molecular flexibility index (Phi) is 3.94. The van der Waals surface area contributed by atoms with Gasteiger partial charge in [0.05, 0.1) is 7.11 Å². The van der Waals surface area contributed by atoms with E-state index in [9.17, 15) is 4.79 Å². The largest absolute Gasteiger partial charge is 0.497 e. The first kappa shape index (κ1) is 13.3. The Morgan fingerprint density at radius 1 is 1.42 bits per heavy atom. The number of benzene rings is 1. The van der Waals surface area contributed by atoms with E-state index in [0.717, 1.165) is 28.8 Å². The molecule has 2 aromatic rings. The van der Waals surface area contributed by atoms with Gasteiger partial charge in [-0.2, -0.15) is 0 Å². The summed E-state index contributed by atoms with van der Waals surface area (Å²) in [5.74, 6) is 0.840. The van der Waals surface area contributed by atoms with Crippen LogP contribution in [0.5, 0.6) is 5.75 Å². The van der Waals surface area contributed by atoms with Crippen molar-refractivity contribution in [1.82, 2.24) is 15.6 Å². The summed E-state index contributed by atoms with van der Waals surface area (Å²) >= 11 is 0. The number of nitrogens with one attached hydrogen (secondary N) is 3. The van der Waals surface area contributed by atoms with Crippen molar-refractivity contribution in [1.29, 1.82) is 0 Å². The Balaban J connectivity index is 2.21. The molecule has 1 aromatic heterocycles. The minimum atomic E-state index is -0.157. The lowest BCUT2D eigenvalue weighted by atomic mass is 10.1. The van der Waals surface area contributed by atoms with E-state index >= 15 is 0 Å². The van der Waals surface area contributed by atoms with E-state index in [1.165, 1.54) is 5.56 Å². The number of fused-ring (bicyclic) bond motifs is 1. The van der Waals surface area contributed by atoms with Crippen molar-refractivity contribution < 1.29 is 9.53 Å². The topological polar surface area (TPSA) is 66.2 Å². The Morgan fingerprint density at radius 2 is 2.21 bits per heavy atom. The molecular formula is C14H19N3O2. The molecule has 0 radical (unpaired) electrons. The Bertz CT molecular complexity index is 590. The summed E-state index contributed by atoms with van der Waals surface area (Å²) in [5, 5.41) is 6.48. The normalized spacial score (nSPS) is 10.5. The van der Waals surface area contributed by atoms with Crippen LogP contribution in [0.25, 0.3) is 10.9 Å². The number of aryl methyl sites for hydroxylation is 1. The molecule has 5 nitrogen and oxygen atoms in total. The van der Waals surface area contributed by atoms with Crippen LogP contribution in [0.2, 0.25) is 0 Å². The predicted molar refractivity (Wildman–Crippen MR) is 75.8 cm³/mol. The van der Waals surface area contributed by atoms with Crippen LogP contribution < -0.4 is 15.4 Å². The van der Waals surface area contributed by atoms with Crippen molar-refractivity contribution in [2.24, 2.45) is 0 Å². The zero-order chi connectivity index (χ0) is 13.8. The maximum atomic E-state index is 11.1. The van der Waals surface area contributed by atoms with Gasteiger partial charge in [0.1, 0.15) is 5.75 Å². The van der Waals surface area contributed by atoms with Crippen LogP contribution in [0.1, 0.15) is 11.3 Å². The molecule has 1 aromatic carbocycles. The van der Waals surface area contributed by atoms with E-state index in [2.05, 4.69) is 15.6 Å². The first-order chi connectivity index (χ1) is 9.15. The van der Waals surface area contributed by atoms with E-state index in [0.29, 0.717) is 6.54 Å². The average Bonchev–Trinajstić information content (AvgIpc) is 2.74. The van der Waals surface area contributed by atoms with E-state index < -0.39 is 0 Å². The summed E-state index contributed by atoms with van der Waals surface area (Å²) in [6.07, 6.45) is 0.784. The second kappa shape index (κ2) is 5.65. The number of aromatic amines is 1. The van der Waals surface area contributed by atoms with Gasteiger partial charge in [0.25, 0.3) is 0 Å². The molecule has 0 aliphatic carbocycles. The summed E-state index contributed by atoms with van der Waals surface area (Å²) in [6, 6.07) is 5.81. The zero-order valence-corrected chi connectivity index (χ0v) is 11.5. The quantitative estimate of drug-likeness (QED) is 0.787. The van der Waals surface area contributed by atoms with Gasteiger partial charge in [0.15, 0.2) is 0 Å². The van der Waals surface area contributed by atoms with Gasteiger partial charge in [-0.1, -0.05) is 0 Å². The van der Waals surface area contributed by atoms with Crippen LogP contribution in [0, 0.1) is 6.92 Å². The van der Waals surface area contributed by atoms with Crippen LogP contribution in [-0.2, 0) is 6.42 Å². The fraction of sp³-hybridized carbons (Fsp3) is 0.357. The highest BCUT2D eigenvalue weighted by Crippen LogP contribution is 2.26. The number of ether oxygens (including phenoxy) is 1. The number of amides is 2. The molecule has 0 spiro atoms. The first-order valence-electron chi connectivity index (χ1n) is 6.26. The van der Waals surface area contributed by atoms with Crippen molar-refractivity contribution in [2.75, 3.05) is 20.7 Å². The smallest absolute Gasteiger partial charge is 0.314 e.